The Hall–Kier alpha value is -1.30. The van der Waals surface area contributed by atoms with Crippen LogP contribution in [0, 0.1) is 11.8 Å². The van der Waals surface area contributed by atoms with Gasteiger partial charge in [0.1, 0.15) is 0 Å². The summed E-state index contributed by atoms with van der Waals surface area (Å²) in [5, 5.41) is 0. The van der Waals surface area contributed by atoms with Crippen molar-refractivity contribution in [1.82, 2.24) is 0 Å². The van der Waals surface area contributed by atoms with E-state index in [4.69, 9.17) is 0 Å². The Balaban J connectivity index is 1.73. The first-order chi connectivity index (χ1) is 8.65. The number of benzene rings is 1. The summed E-state index contributed by atoms with van der Waals surface area (Å²) in [6.07, 6.45) is 8.43. The second-order valence-corrected chi connectivity index (χ2v) is 5.78. The second-order valence-electron chi connectivity index (χ2n) is 5.78. The van der Waals surface area contributed by atoms with E-state index in [2.05, 4.69) is 63.3 Å². The van der Waals surface area contributed by atoms with Crippen molar-refractivity contribution in [2.45, 2.75) is 40.0 Å². The van der Waals surface area contributed by atoms with Crippen LogP contribution in [0.15, 0.2) is 53.6 Å². The van der Waals surface area contributed by atoms with Crippen molar-refractivity contribution in [2.75, 3.05) is 0 Å². The van der Waals surface area contributed by atoms with Crippen LogP contribution in [0.4, 0.5) is 0 Å². The van der Waals surface area contributed by atoms with Gasteiger partial charge < -0.3 is 0 Å². The highest BCUT2D eigenvalue weighted by atomic mass is 14.2. The topological polar surface area (TPSA) is 0 Å². The lowest BCUT2D eigenvalue weighted by Gasteiger charge is -2.11. The number of hydrogen-bond acceptors (Lipinski definition) is 0. The van der Waals surface area contributed by atoms with E-state index < -0.39 is 0 Å². The van der Waals surface area contributed by atoms with Crippen LogP contribution in [0.25, 0.3) is 0 Å². The highest BCUT2D eigenvalue weighted by Gasteiger charge is 2.16. The summed E-state index contributed by atoms with van der Waals surface area (Å²) >= 11 is 0. The van der Waals surface area contributed by atoms with Gasteiger partial charge in [-0.15, -0.1) is 0 Å². The number of hydrogen-bond donors (Lipinski definition) is 0. The molecule has 1 aliphatic carbocycles. The van der Waals surface area contributed by atoms with E-state index in [-0.39, 0.29) is 0 Å². The molecule has 0 fully saturated rings. The molecule has 0 heteroatoms. The largest absolute Gasteiger partial charge is 0.0735 e. The van der Waals surface area contributed by atoms with E-state index in [1.807, 2.05) is 0 Å². The third kappa shape index (κ3) is 4.18. The van der Waals surface area contributed by atoms with Crippen LogP contribution in [-0.4, -0.2) is 0 Å². The Bertz CT molecular complexity index is 436. The van der Waals surface area contributed by atoms with E-state index in [1.54, 1.807) is 0 Å². The zero-order chi connectivity index (χ0) is 13.0. The average Bonchev–Trinajstić information content (AvgIpc) is 3.03. The van der Waals surface area contributed by atoms with Crippen molar-refractivity contribution in [1.29, 1.82) is 0 Å². The van der Waals surface area contributed by atoms with Gasteiger partial charge in [0, 0.05) is 0 Å². The van der Waals surface area contributed by atoms with Crippen LogP contribution >= 0.6 is 0 Å². The molecule has 0 nitrogen and oxygen atoms in total. The highest BCUT2D eigenvalue weighted by molar-refractivity contribution is 5.39. The van der Waals surface area contributed by atoms with E-state index in [0.29, 0.717) is 0 Å². The van der Waals surface area contributed by atoms with Gasteiger partial charge in [-0.05, 0) is 49.2 Å². The molecule has 0 bridgehead atoms. The van der Waals surface area contributed by atoms with Gasteiger partial charge in [-0.2, -0.15) is 0 Å². The van der Waals surface area contributed by atoms with Crippen molar-refractivity contribution >= 4 is 0 Å². The molecule has 2 rings (SSSR count). The van der Waals surface area contributed by atoms with E-state index in [9.17, 15) is 0 Å². The molecular weight excluding hydrogens is 216 g/mol. The van der Waals surface area contributed by atoms with Crippen LogP contribution < -0.4 is 0 Å². The summed E-state index contributed by atoms with van der Waals surface area (Å²) in [6.45, 7) is 6.90. The molecule has 0 heterocycles. The number of rotatable bonds is 6. The van der Waals surface area contributed by atoms with Gasteiger partial charge >= 0.3 is 0 Å². The van der Waals surface area contributed by atoms with Crippen LogP contribution in [0.1, 0.15) is 39.2 Å². The number of allylic oxidation sites excluding steroid dienone is 4. The predicted octanol–water partition coefficient (Wildman–Crippen LogP) is 5.17. The molecule has 2 unspecified atom stereocenters. The zero-order valence-electron chi connectivity index (χ0n) is 11.8. The Labute approximate surface area is 111 Å². The maximum Gasteiger partial charge on any atom is -0.000735 e. The summed E-state index contributed by atoms with van der Waals surface area (Å²) in [4.78, 5) is 0. The van der Waals surface area contributed by atoms with E-state index in [1.165, 1.54) is 36.0 Å². The van der Waals surface area contributed by atoms with Gasteiger partial charge in [-0.25, -0.2) is 0 Å². The van der Waals surface area contributed by atoms with Crippen LogP contribution in [-0.2, 0) is 6.42 Å². The molecule has 18 heavy (non-hydrogen) atoms. The van der Waals surface area contributed by atoms with Gasteiger partial charge in [-0.3, -0.25) is 0 Å². The lowest BCUT2D eigenvalue weighted by Crippen LogP contribution is -1.98. The minimum absolute atomic E-state index is 0.736. The summed E-state index contributed by atoms with van der Waals surface area (Å²) in [6, 6.07) is 10.8. The lowest BCUT2D eigenvalue weighted by molar-refractivity contribution is 0.528. The monoisotopic (exact) mass is 240 g/mol. The fraction of sp³-hybridized carbons (Fsp3) is 0.444. The molecule has 1 aliphatic rings. The predicted molar refractivity (Wildman–Crippen MR) is 79.5 cm³/mol. The summed E-state index contributed by atoms with van der Waals surface area (Å²) < 4.78 is 0. The first kappa shape index (κ1) is 13.1. The summed E-state index contributed by atoms with van der Waals surface area (Å²) in [5.74, 6) is 1.51. The average molecular weight is 240 g/mol. The number of aryl methyl sites for hydroxylation is 1. The first-order valence-electron chi connectivity index (χ1n) is 7.08. The Morgan fingerprint density at radius 1 is 1.28 bits per heavy atom. The smallest absolute Gasteiger partial charge is 0.000735 e. The van der Waals surface area contributed by atoms with Crippen molar-refractivity contribution in [3.05, 3.63) is 59.2 Å². The van der Waals surface area contributed by atoms with Crippen molar-refractivity contribution in [3.63, 3.8) is 0 Å². The molecule has 1 aromatic rings. The minimum atomic E-state index is 0.736. The molecule has 0 radical (unpaired) electrons. The van der Waals surface area contributed by atoms with Crippen molar-refractivity contribution < 1.29 is 0 Å². The summed E-state index contributed by atoms with van der Waals surface area (Å²) in [5.41, 5.74) is 4.53. The fourth-order valence-electron chi connectivity index (χ4n) is 2.47. The third-order valence-corrected chi connectivity index (χ3v) is 3.71. The van der Waals surface area contributed by atoms with Gasteiger partial charge in [0.2, 0.25) is 0 Å². The molecule has 0 aromatic heterocycles. The molecule has 0 saturated carbocycles. The molecule has 0 amide bonds. The van der Waals surface area contributed by atoms with Gasteiger partial charge in [0.25, 0.3) is 0 Å². The highest BCUT2D eigenvalue weighted by Crippen LogP contribution is 2.31. The van der Waals surface area contributed by atoms with Crippen molar-refractivity contribution in [2.24, 2.45) is 11.8 Å². The minimum Gasteiger partial charge on any atom is -0.0735 e. The second kappa shape index (κ2) is 6.04. The molecule has 1 aromatic carbocycles. The maximum atomic E-state index is 2.38. The maximum absolute atomic E-state index is 2.38. The van der Waals surface area contributed by atoms with E-state index >= 15 is 0 Å². The van der Waals surface area contributed by atoms with Crippen LogP contribution in [0.5, 0.6) is 0 Å². The Morgan fingerprint density at radius 3 is 2.56 bits per heavy atom. The molecule has 0 spiro atoms. The van der Waals surface area contributed by atoms with Gasteiger partial charge in [-0.1, -0.05) is 61.9 Å². The lowest BCUT2D eigenvalue weighted by atomic mass is 9.94. The molecule has 0 N–H and O–H groups in total. The first-order valence-corrected chi connectivity index (χ1v) is 7.08. The van der Waals surface area contributed by atoms with Crippen molar-refractivity contribution in [3.8, 4) is 0 Å². The van der Waals surface area contributed by atoms with E-state index in [0.717, 1.165) is 11.8 Å². The molecule has 0 saturated heterocycles. The summed E-state index contributed by atoms with van der Waals surface area (Å²) in [7, 11) is 0. The normalized spacial score (nSPS) is 20.5. The zero-order valence-corrected chi connectivity index (χ0v) is 11.8. The quantitative estimate of drug-likeness (QED) is 0.643. The van der Waals surface area contributed by atoms with Gasteiger partial charge in [0.15, 0.2) is 0 Å². The fourth-order valence-corrected chi connectivity index (χ4v) is 2.47. The SMILES string of the molecule is C/C(=C\C1=CC1C)CC(C)CCc1ccccc1. The molecule has 2 atom stereocenters. The van der Waals surface area contributed by atoms with Crippen LogP contribution in [0.2, 0.25) is 0 Å². The van der Waals surface area contributed by atoms with Crippen LogP contribution in [0.3, 0.4) is 0 Å². The Morgan fingerprint density at radius 2 is 1.94 bits per heavy atom. The standard InChI is InChI=1S/C18H24/c1-14(9-10-17-7-5-4-6-8-17)11-15(2)12-18-13-16(18)3/h4-8,12-14,16H,9-11H2,1-3H3/b15-12+. The third-order valence-electron chi connectivity index (χ3n) is 3.71. The Kier molecular flexibility index (Phi) is 4.41. The van der Waals surface area contributed by atoms with Gasteiger partial charge in [0.05, 0.1) is 0 Å². The molecular formula is C18H24. The molecule has 0 aliphatic heterocycles. The molecule has 96 valence electrons.